The Hall–Kier alpha value is -3.68. The summed E-state index contributed by atoms with van der Waals surface area (Å²) in [4.78, 5) is 30.1. The van der Waals surface area contributed by atoms with Crippen molar-refractivity contribution in [1.82, 2.24) is 15.4 Å². The molecule has 1 unspecified atom stereocenters. The van der Waals surface area contributed by atoms with Gasteiger partial charge in [0, 0.05) is 36.0 Å². The molecule has 2 aliphatic rings. The normalized spacial score (nSPS) is 16.9. The van der Waals surface area contributed by atoms with Gasteiger partial charge in [-0.1, -0.05) is 54.9 Å². The summed E-state index contributed by atoms with van der Waals surface area (Å²) in [5.74, 6) is 0.264. The third-order valence-corrected chi connectivity index (χ3v) is 7.61. The minimum absolute atomic E-state index is 0.108. The highest BCUT2D eigenvalue weighted by atomic mass is 35.5. The number of likely N-dealkylation sites (N-methyl/N-ethyl adjacent to an activating group) is 1. The van der Waals surface area contributed by atoms with Gasteiger partial charge in [0.15, 0.2) is 0 Å². The minimum Gasteiger partial charge on any atom is -0.481 e. The SMILES string of the molecule is COc1nc(-c2cccc(-c3cccc(NC(=O)C4=CCNN(C)C4=O)c3C)c2Cl)cc2c1C(C)CC2. The molecule has 1 atom stereocenters. The molecule has 2 N–H and O–H groups in total. The first-order valence-electron chi connectivity index (χ1n) is 12.3. The number of halogens is 1. The Kier molecular flexibility index (Phi) is 6.75. The van der Waals surface area contributed by atoms with Crippen molar-refractivity contribution in [3.05, 3.63) is 75.8 Å². The molecule has 190 valence electrons. The van der Waals surface area contributed by atoms with Crippen LogP contribution in [0.15, 0.2) is 54.1 Å². The lowest BCUT2D eigenvalue weighted by molar-refractivity contribution is -0.131. The number of hydrazine groups is 1. The summed E-state index contributed by atoms with van der Waals surface area (Å²) >= 11 is 7.01. The number of benzene rings is 2. The van der Waals surface area contributed by atoms with Crippen molar-refractivity contribution in [3.8, 4) is 28.3 Å². The van der Waals surface area contributed by atoms with Crippen molar-refractivity contribution in [2.24, 2.45) is 0 Å². The third-order valence-electron chi connectivity index (χ3n) is 7.20. The Morgan fingerprint density at radius 1 is 1.19 bits per heavy atom. The monoisotopic (exact) mass is 516 g/mol. The zero-order valence-corrected chi connectivity index (χ0v) is 22.1. The van der Waals surface area contributed by atoms with Crippen LogP contribution in [0.4, 0.5) is 5.69 Å². The fourth-order valence-electron chi connectivity index (χ4n) is 5.13. The second-order valence-electron chi connectivity index (χ2n) is 9.47. The predicted molar refractivity (Wildman–Crippen MR) is 146 cm³/mol. The molecule has 3 aromatic rings. The first-order chi connectivity index (χ1) is 17.8. The maximum absolute atomic E-state index is 12.9. The van der Waals surface area contributed by atoms with Gasteiger partial charge in [-0.3, -0.25) is 14.6 Å². The van der Waals surface area contributed by atoms with Crippen LogP contribution in [0.5, 0.6) is 5.88 Å². The summed E-state index contributed by atoms with van der Waals surface area (Å²) in [7, 11) is 3.25. The number of nitrogens with one attached hydrogen (secondary N) is 2. The van der Waals surface area contributed by atoms with E-state index in [9.17, 15) is 9.59 Å². The van der Waals surface area contributed by atoms with E-state index in [0.29, 0.717) is 29.1 Å². The highest BCUT2D eigenvalue weighted by Gasteiger charge is 2.27. The number of hydrogen-bond donors (Lipinski definition) is 2. The molecule has 1 aliphatic heterocycles. The zero-order valence-electron chi connectivity index (χ0n) is 21.3. The molecule has 0 bridgehead atoms. The summed E-state index contributed by atoms with van der Waals surface area (Å²) in [6, 6.07) is 13.7. The molecule has 0 spiro atoms. The lowest BCUT2D eigenvalue weighted by atomic mass is 9.95. The van der Waals surface area contributed by atoms with Gasteiger partial charge in [0.2, 0.25) is 5.88 Å². The minimum atomic E-state index is -0.442. The Morgan fingerprint density at radius 3 is 2.70 bits per heavy atom. The van der Waals surface area contributed by atoms with Crippen LogP contribution in [-0.2, 0) is 16.0 Å². The first kappa shape index (κ1) is 25.0. The average Bonchev–Trinajstić information content (AvgIpc) is 3.27. The number of anilines is 1. The van der Waals surface area contributed by atoms with Crippen LogP contribution < -0.4 is 15.5 Å². The third kappa shape index (κ3) is 4.49. The van der Waals surface area contributed by atoms with Crippen molar-refractivity contribution in [1.29, 1.82) is 0 Å². The molecule has 8 heteroatoms. The summed E-state index contributed by atoms with van der Waals surface area (Å²) < 4.78 is 5.65. The lowest BCUT2D eigenvalue weighted by Crippen LogP contribution is -2.46. The van der Waals surface area contributed by atoms with E-state index >= 15 is 0 Å². The molecule has 1 aliphatic carbocycles. The van der Waals surface area contributed by atoms with Crippen LogP contribution in [-0.4, -0.2) is 42.5 Å². The van der Waals surface area contributed by atoms with E-state index < -0.39 is 5.91 Å². The summed E-state index contributed by atoms with van der Waals surface area (Å²) in [6.45, 7) is 4.54. The van der Waals surface area contributed by atoms with Gasteiger partial charge in [-0.05, 0) is 54.5 Å². The number of fused-ring (bicyclic) bond motifs is 1. The number of aryl methyl sites for hydroxylation is 1. The molecule has 2 aromatic carbocycles. The zero-order chi connectivity index (χ0) is 26.3. The van der Waals surface area contributed by atoms with Crippen molar-refractivity contribution in [3.63, 3.8) is 0 Å². The number of nitrogens with zero attached hydrogens (tertiary/aromatic N) is 2. The van der Waals surface area contributed by atoms with Gasteiger partial charge in [-0.25, -0.2) is 10.4 Å². The quantitative estimate of drug-likeness (QED) is 0.451. The molecule has 2 heterocycles. The molecule has 1 aromatic heterocycles. The highest BCUT2D eigenvalue weighted by molar-refractivity contribution is 6.36. The topological polar surface area (TPSA) is 83.6 Å². The van der Waals surface area contributed by atoms with E-state index in [0.717, 1.165) is 40.8 Å². The number of methoxy groups -OCH3 is 1. The molecule has 0 radical (unpaired) electrons. The molecule has 2 amide bonds. The molecule has 7 nitrogen and oxygen atoms in total. The van der Waals surface area contributed by atoms with Crippen molar-refractivity contribution in [2.75, 3.05) is 26.0 Å². The summed E-state index contributed by atoms with van der Waals surface area (Å²) in [5.41, 5.74) is 10.2. The van der Waals surface area contributed by atoms with Gasteiger partial charge in [-0.15, -0.1) is 0 Å². The lowest BCUT2D eigenvalue weighted by Gasteiger charge is -2.23. The Labute approximate surface area is 221 Å². The van der Waals surface area contributed by atoms with Crippen LogP contribution in [0.25, 0.3) is 22.4 Å². The van der Waals surface area contributed by atoms with E-state index in [1.165, 1.54) is 16.1 Å². The van der Waals surface area contributed by atoms with Crippen LogP contribution in [0.2, 0.25) is 5.02 Å². The van der Waals surface area contributed by atoms with Crippen LogP contribution in [0.3, 0.4) is 0 Å². The fourth-order valence-corrected chi connectivity index (χ4v) is 5.46. The number of hydrogen-bond acceptors (Lipinski definition) is 5. The van der Waals surface area contributed by atoms with Gasteiger partial charge in [-0.2, -0.15) is 0 Å². The number of ether oxygens (including phenoxy) is 1. The number of rotatable bonds is 5. The maximum atomic E-state index is 12.9. The van der Waals surface area contributed by atoms with Crippen molar-refractivity contribution >= 4 is 29.1 Å². The summed E-state index contributed by atoms with van der Waals surface area (Å²) in [5, 5.41) is 4.79. The smallest absolute Gasteiger partial charge is 0.273 e. The maximum Gasteiger partial charge on any atom is 0.273 e. The number of aromatic nitrogens is 1. The largest absolute Gasteiger partial charge is 0.481 e. The summed E-state index contributed by atoms with van der Waals surface area (Å²) in [6.07, 6.45) is 3.67. The fraction of sp³-hybridized carbons (Fsp3) is 0.276. The highest BCUT2D eigenvalue weighted by Crippen LogP contribution is 2.43. The number of carbonyl (C=O) groups is 2. The van der Waals surface area contributed by atoms with Gasteiger partial charge < -0.3 is 10.1 Å². The second-order valence-corrected chi connectivity index (χ2v) is 9.85. The standard InChI is InChI=1S/C29H29ClN4O3/c1-16-11-12-18-15-24(33-28(37-4)25(16)18)21-9-5-8-20(26(21)30)19-7-6-10-23(17(19)2)32-27(35)22-13-14-31-34(3)29(22)36/h5-10,13,15-16,31H,11-12,14H2,1-4H3,(H,32,35). The predicted octanol–water partition coefficient (Wildman–Crippen LogP) is 5.28. The van der Waals surface area contributed by atoms with E-state index in [2.05, 4.69) is 23.7 Å². The first-order valence-corrected chi connectivity index (χ1v) is 12.7. The van der Waals surface area contributed by atoms with Crippen molar-refractivity contribution in [2.45, 2.75) is 32.6 Å². The van der Waals surface area contributed by atoms with Gasteiger partial charge >= 0.3 is 0 Å². The van der Waals surface area contributed by atoms with E-state index in [-0.39, 0.29) is 11.5 Å². The second kappa shape index (κ2) is 10.00. The van der Waals surface area contributed by atoms with Crippen molar-refractivity contribution < 1.29 is 14.3 Å². The molecule has 5 rings (SSSR count). The number of carbonyl (C=O) groups excluding carboxylic acids is 2. The Bertz CT molecular complexity index is 1450. The van der Waals surface area contributed by atoms with Gasteiger partial charge in [0.25, 0.3) is 11.8 Å². The van der Waals surface area contributed by atoms with E-state index in [1.54, 1.807) is 20.2 Å². The molecule has 0 fully saturated rings. The van der Waals surface area contributed by atoms with E-state index in [4.69, 9.17) is 21.3 Å². The molecule has 0 saturated carbocycles. The van der Waals surface area contributed by atoms with E-state index in [1.807, 2.05) is 43.3 Å². The number of amides is 2. The Morgan fingerprint density at radius 2 is 1.92 bits per heavy atom. The number of pyridine rings is 1. The Balaban J connectivity index is 1.51. The van der Waals surface area contributed by atoms with Crippen LogP contribution >= 0.6 is 11.6 Å². The van der Waals surface area contributed by atoms with Crippen LogP contribution in [0.1, 0.15) is 36.0 Å². The molecule has 37 heavy (non-hydrogen) atoms. The molecular formula is C29H29ClN4O3. The average molecular weight is 517 g/mol. The van der Waals surface area contributed by atoms with Gasteiger partial charge in [0.05, 0.1) is 17.8 Å². The molecule has 0 saturated heterocycles. The molecular weight excluding hydrogens is 488 g/mol. The van der Waals surface area contributed by atoms with Gasteiger partial charge in [0.1, 0.15) is 5.57 Å². The van der Waals surface area contributed by atoms with Crippen LogP contribution in [0, 0.1) is 6.92 Å².